The standard InChI is InChI=1S/C11H11N.Y/c1-2-3-6-10-7-4-5-8-11(10)9-12;/h1-5,7-8H,9,12H2;/q-2;. The normalized spacial score (nSPS) is 9.62. The van der Waals surface area contributed by atoms with Gasteiger partial charge in [-0.15, -0.1) is 23.8 Å². The van der Waals surface area contributed by atoms with Crippen molar-refractivity contribution in [2.24, 2.45) is 5.73 Å². The second kappa shape index (κ2) is 7.19. The van der Waals surface area contributed by atoms with Crippen molar-refractivity contribution in [2.45, 2.75) is 6.54 Å². The molecule has 0 atom stereocenters. The molecule has 0 saturated carbocycles. The molecule has 0 amide bonds. The second-order valence-corrected chi connectivity index (χ2v) is 2.36. The van der Waals surface area contributed by atoms with Crippen LogP contribution >= 0.6 is 0 Å². The van der Waals surface area contributed by atoms with E-state index in [-0.39, 0.29) is 32.7 Å². The third-order valence-electron chi connectivity index (χ3n) is 1.57. The van der Waals surface area contributed by atoms with E-state index in [1.165, 1.54) is 6.08 Å². The second-order valence-electron chi connectivity index (χ2n) is 2.36. The maximum Gasteiger partial charge on any atom is 0 e. The van der Waals surface area contributed by atoms with Gasteiger partial charge in [-0.3, -0.25) is 6.08 Å². The SMILES string of the molecule is [CH-]=CC=[C-]c1ccccc1CN.[Y]. The van der Waals surface area contributed by atoms with Crippen molar-refractivity contribution in [1.29, 1.82) is 0 Å². The Labute approximate surface area is 105 Å². The van der Waals surface area contributed by atoms with E-state index >= 15 is 0 Å². The van der Waals surface area contributed by atoms with Crippen LogP contribution in [0.5, 0.6) is 0 Å². The Morgan fingerprint density at radius 3 is 2.69 bits per heavy atom. The maximum atomic E-state index is 5.53. The van der Waals surface area contributed by atoms with Gasteiger partial charge in [-0.25, -0.2) is 6.08 Å². The molecule has 0 bridgehead atoms. The monoisotopic (exact) mass is 246 g/mol. The first-order chi connectivity index (χ1) is 5.88. The smallest absolute Gasteiger partial charge is 0 e. The van der Waals surface area contributed by atoms with E-state index in [1.54, 1.807) is 6.08 Å². The fourth-order valence-electron chi connectivity index (χ4n) is 0.977. The van der Waals surface area contributed by atoms with E-state index in [1.807, 2.05) is 24.3 Å². The average molecular weight is 246 g/mol. The van der Waals surface area contributed by atoms with E-state index in [4.69, 9.17) is 12.3 Å². The predicted octanol–water partition coefficient (Wildman–Crippen LogP) is 1.84. The molecule has 2 N–H and O–H groups in total. The largest absolute Gasteiger partial charge is 0.344 e. The quantitative estimate of drug-likeness (QED) is 0.639. The van der Waals surface area contributed by atoms with Gasteiger partial charge in [-0.2, -0.15) is 5.56 Å². The third-order valence-corrected chi connectivity index (χ3v) is 1.57. The fourth-order valence-corrected chi connectivity index (χ4v) is 0.977. The van der Waals surface area contributed by atoms with Crippen molar-refractivity contribution in [1.82, 2.24) is 0 Å². The Morgan fingerprint density at radius 1 is 1.38 bits per heavy atom. The predicted molar refractivity (Wildman–Crippen MR) is 50.1 cm³/mol. The van der Waals surface area contributed by atoms with Gasteiger partial charge in [0, 0.05) is 32.7 Å². The van der Waals surface area contributed by atoms with Crippen molar-refractivity contribution in [2.75, 3.05) is 0 Å². The number of rotatable bonds is 3. The van der Waals surface area contributed by atoms with Crippen LogP contribution in [0.1, 0.15) is 11.1 Å². The van der Waals surface area contributed by atoms with Gasteiger partial charge in [0.15, 0.2) is 0 Å². The molecule has 65 valence electrons. The van der Waals surface area contributed by atoms with Crippen LogP contribution in [-0.2, 0) is 39.3 Å². The summed E-state index contributed by atoms with van der Waals surface area (Å²) in [6, 6.07) is 7.85. The Balaban J connectivity index is 0.00000144. The molecule has 0 fully saturated rings. The fraction of sp³-hybridized carbons (Fsp3) is 0.0909. The van der Waals surface area contributed by atoms with Crippen LogP contribution in [0.25, 0.3) is 0 Å². The number of hydrogen-bond donors (Lipinski definition) is 1. The van der Waals surface area contributed by atoms with Gasteiger partial charge >= 0.3 is 0 Å². The minimum absolute atomic E-state index is 0. The van der Waals surface area contributed by atoms with Gasteiger partial charge in [0.05, 0.1) is 0 Å². The number of allylic oxidation sites excluding steroid dienone is 2. The van der Waals surface area contributed by atoms with Crippen LogP contribution < -0.4 is 5.73 Å². The molecule has 2 heteroatoms. The van der Waals surface area contributed by atoms with Gasteiger partial charge in [0.1, 0.15) is 0 Å². The molecule has 0 aliphatic carbocycles. The number of nitrogens with two attached hydrogens (primary N) is 1. The average Bonchev–Trinajstić information content (AvgIpc) is 2.15. The molecule has 1 rings (SSSR count). The van der Waals surface area contributed by atoms with E-state index < -0.39 is 0 Å². The Hall–Kier alpha value is -0.236. The molecule has 1 nitrogen and oxygen atoms in total. The zero-order valence-electron chi connectivity index (χ0n) is 7.40. The zero-order chi connectivity index (χ0) is 8.81. The van der Waals surface area contributed by atoms with Gasteiger partial charge in [0.2, 0.25) is 0 Å². The molecule has 0 heterocycles. The summed E-state index contributed by atoms with van der Waals surface area (Å²) < 4.78 is 0. The van der Waals surface area contributed by atoms with Gasteiger partial charge in [0.25, 0.3) is 0 Å². The molecule has 1 aromatic rings. The molecule has 1 aromatic carbocycles. The molecular weight excluding hydrogens is 235 g/mol. The van der Waals surface area contributed by atoms with Gasteiger partial charge < -0.3 is 18.4 Å². The molecule has 0 aromatic heterocycles. The summed E-state index contributed by atoms with van der Waals surface area (Å²) in [5.74, 6) is 0. The van der Waals surface area contributed by atoms with Crippen molar-refractivity contribution < 1.29 is 32.7 Å². The minimum atomic E-state index is 0. The van der Waals surface area contributed by atoms with Crippen LogP contribution in [0.2, 0.25) is 0 Å². The van der Waals surface area contributed by atoms with E-state index in [9.17, 15) is 0 Å². The van der Waals surface area contributed by atoms with Crippen molar-refractivity contribution in [3.05, 3.63) is 60.2 Å². The van der Waals surface area contributed by atoms with Crippen molar-refractivity contribution >= 4 is 0 Å². The Kier molecular flexibility index (Phi) is 7.06. The molecule has 0 unspecified atom stereocenters. The molecule has 1 radical (unpaired) electrons. The van der Waals surface area contributed by atoms with Crippen molar-refractivity contribution in [3.8, 4) is 0 Å². The van der Waals surface area contributed by atoms with E-state index in [0.29, 0.717) is 6.54 Å². The van der Waals surface area contributed by atoms with Crippen LogP contribution in [0.4, 0.5) is 0 Å². The van der Waals surface area contributed by atoms with Crippen LogP contribution in [-0.4, -0.2) is 0 Å². The number of benzene rings is 1. The summed E-state index contributed by atoms with van der Waals surface area (Å²) in [7, 11) is 0. The van der Waals surface area contributed by atoms with Gasteiger partial charge in [-0.05, 0) is 6.54 Å². The molecule has 0 aliphatic heterocycles. The maximum absolute atomic E-state index is 5.53. The van der Waals surface area contributed by atoms with Crippen LogP contribution in [0.15, 0.2) is 36.4 Å². The third kappa shape index (κ3) is 3.99. The van der Waals surface area contributed by atoms with Crippen LogP contribution in [0.3, 0.4) is 0 Å². The Morgan fingerprint density at radius 2 is 2.08 bits per heavy atom. The van der Waals surface area contributed by atoms with Crippen molar-refractivity contribution in [3.63, 3.8) is 0 Å². The topological polar surface area (TPSA) is 26.0 Å². The summed E-state index contributed by atoms with van der Waals surface area (Å²) in [5, 5.41) is 0. The summed E-state index contributed by atoms with van der Waals surface area (Å²) in [6.07, 6.45) is 6.16. The van der Waals surface area contributed by atoms with E-state index in [0.717, 1.165) is 11.1 Å². The zero-order valence-corrected chi connectivity index (χ0v) is 10.2. The van der Waals surface area contributed by atoms with Crippen LogP contribution in [0, 0.1) is 12.7 Å². The molecule has 0 spiro atoms. The van der Waals surface area contributed by atoms with E-state index in [2.05, 4.69) is 6.08 Å². The summed E-state index contributed by atoms with van der Waals surface area (Å²) in [5.41, 5.74) is 7.61. The Bertz CT molecular complexity index is 292. The molecular formula is C11H11NY-2. The number of hydrogen-bond acceptors (Lipinski definition) is 1. The first kappa shape index (κ1) is 12.8. The first-order valence-corrected chi connectivity index (χ1v) is 3.79. The first-order valence-electron chi connectivity index (χ1n) is 3.79. The summed E-state index contributed by atoms with van der Waals surface area (Å²) in [4.78, 5) is 0. The molecule has 0 saturated heterocycles. The molecule has 13 heavy (non-hydrogen) atoms. The summed E-state index contributed by atoms with van der Waals surface area (Å²) >= 11 is 0. The molecule has 0 aliphatic rings. The van der Waals surface area contributed by atoms with Gasteiger partial charge in [-0.1, -0.05) is 6.07 Å². The minimum Gasteiger partial charge on any atom is -0.344 e. The summed E-state index contributed by atoms with van der Waals surface area (Å²) in [6.45, 7) is 5.72.